The van der Waals surface area contributed by atoms with Crippen molar-refractivity contribution in [2.45, 2.75) is 64.0 Å². The Bertz CT molecular complexity index is 784. The van der Waals surface area contributed by atoms with Crippen LogP contribution in [-0.2, 0) is 9.53 Å². The maximum Gasteiger partial charge on any atom is 0.332 e. The van der Waals surface area contributed by atoms with Crippen molar-refractivity contribution in [2.24, 2.45) is 0 Å². The molecule has 1 heterocycles. The molecule has 3 N–H and O–H groups in total. The van der Waals surface area contributed by atoms with E-state index in [4.69, 9.17) is 4.74 Å². The highest BCUT2D eigenvalue weighted by Gasteiger charge is 2.44. The fourth-order valence-corrected chi connectivity index (χ4v) is 2.82. The van der Waals surface area contributed by atoms with Crippen LogP contribution in [0.2, 0.25) is 0 Å². The molecule has 0 bridgehead atoms. The van der Waals surface area contributed by atoms with Gasteiger partial charge in [0.15, 0.2) is 0 Å². The number of hydrogen-bond acceptors (Lipinski definition) is 5. The van der Waals surface area contributed by atoms with Crippen molar-refractivity contribution >= 4 is 11.9 Å². The Morgan fingerprint density at radius 1 is 1.12 bits per heavy atom. The maximum atomic E-state index is 13.9. The van der Waals surface area contributed by atoms with Crippen LogP contribution in [0.5, 0.6) is 0 Å². The second kappa shape index (κ2) is 6.81. The van der Waals surface area contributed by atoms with Crippen LogP contribution in [0.4, 0.5) is 4.39 Å². The number of esters is 1. The molecule has 1 aliphatic rings. The molecule has 1 fully saturated rings. The standard InChI is InChI=1S/C16H22FN3O5/c1-15(2,3)25-13(23)16(7-5-4-6-8-16)20-12(22)10-9(17)11(21)19-14(24)18-10/h4-8H2,1-3H3,(H,20,22)(H2,18,19,21,24). The Morgan fingerprint density at radius 2 is 1.72 bits per heavy atom. The monoisotopic (exact) mass is 355 g/mol. The van der Waals surface area contributed by atoms with Gasteiger partial charge in [0, 0.05) is 0 Å². The number of halogens is 1. The van der Waals surface area contributed by atoms with Gasteiger partial charge in [0.1, 0.15) is 16.8 Å². The molecule has 138 valence electrons. The molecule has 0 unspecified atom stereocenters. The third-order valence-corrected chi connectivity index (χ3v) is 3.96. The summed E-state index contributed by atoms with van der Waals surface area (Å²) in [5.41, 5.74) is -5.18. The summed E-state index contributed by atoms with van der Waals surface area (Å²) in [7, 11) is 0. The van der Waals surface area contributed by atoms with Crippen molar-refractivity contribution < 1.29 is 18.7 Å². The van der Waals surface area contributed by atoms with Gasteiger partial charge in [-0.15, -0.1) is 0 Å². The van der Waals surface area contributed by atoms with Gasteiger partial charge < -0.3 is 15.0 Å². The molecule has 25 heavy (non-hydrogen) atoms. The summed E-state index contributed by atoms with van der Waals surface area (Å²) in [5, 5.41) is 2.49. The second-order valence-electron chi connectivity index (χ2n) is 7.20. The van der Waals surface area contributed by atoms with Crippen molar-refractivity contribution in [3.05, 3.63) is 32.3 Å². The van der Waals surface area contributed by atoms with Gasteiger partial charge in [-0.3, -0.25) is 14.6 Å². The highest BCUT2D eigenvalue weighted by molar-refractivity contribution is 5.97. The minimum atomic E-state index is -1.41. The van der Waals surface area contributed by atoms with E-state index in [0.717, 1.165) is 6.42 Å². The van der Waals surface area contributed by atoms with E-state index in [-0.39, 0.29) is 0 Å². The van der Waals surface area contributed by atoms with E-state index >= 15 is 0 Å². The van der Waals surface area contributed by atoms with Gasteiger partial charge in [-0.2, -0.15) is 4.39 Å². The Balaban J connectivity index is 2.34. The summed E-state index contributed by atoms with van der Waals surface area (Å²) in [6.45, 7) is 5.12. The lowest BCUT2D eigenvalue weighted by atomic mass is 9.81. The molecule has 9 heteroatoms. The molecule has 1 aromatic heterocycles. The van der Waals surface area contributed by atoms with Crippen LogP contribution in [0.25, 0.3) is 0 Å². The number of nitrogens with one attached hydrogen (secondary N) is 3. The van der Waals surface area contributed by atoms with Gasteiger partial charge in [-0.05, 0) is 33.6 Å². The topological polar surface area (TPSA) is 121 Å². The highest BCUT2D eigenvalue weighted by Crippen LogP contribution is 2.31. The van der Waals surface area contributed by atoms with E-state index < -0.39 is 45.8 Å². The Hall–Kier alpha value is -2.45. The summed E-state index contributed by atoms with van der Waals surface area (Å²) in [6.07, 6.45) is 2.95. The fourth-order valence-electron chi connectivity index (χ4n) is 2.82. The first kappa shape index (κ1) is 18.9. The van der Waals surface area contributed by atoms with Crippen LogP contribution in [0.15, 0.2) is 9.59 Å². The zero-order valence-electron chi connectivity index (χ0n) is 14.5. The van der Waals surface area contributed by atoms with Gasteiger partial charge in [0.25, 0.3) is 11.5 Å². The van der Waals surface area contributed by atoms with Crippen molar-refractivity contribution in [1.82, 2.24) is 15.3 Å². The SMILES string of the molecule is CC(C)(C)OC(=O)C1(NC(=O)c2[nH]c(=O)[nH]c(=O)c2F)CCCCC1. The first-order chi connectivity index (χ1) is 11.5. The van der Waals surface area contributed by atoms with Gasteiger partial charge >= 0.3 is 11.7 Å². The maximum absolute atomic E-state index is 13.9. The normalized spacial score (nSPS) is 17.0. The summed E-state index contributed by atoms with van der Waals surface area (Å²) < 4.78 is 19.3. The number of aromatic amines is 2. The van der Waals surface area contributed by atoms with E-state index in [1.807, 2.05) is 4.98 Å². The number of amides is 1. The van der Waals surface area contributed by atoms with Crippen LogP contribution < -0.4 is 16.6 Å². The number of H-pyrrole nitrogens is 2. The van der Waals surface area contributed by atoms with E-state index in [1.165, 1.54) is 0 Å². The summed E-state index contributed by atoms with van der Waals surface area (Å²) >= 11 is 0. The lowest BCUT2D eigenvalue weighted by Crippen LogP contribution is -2.58. The van der Waals surface area contributed by atoms with Crippen LogP contribution in [0.3, 0.4) is 0 Å². The first-order valence-electron chi connectivity index (χ1n) is 8.12. The quantitative estimate of drug-likeness (QED) is 0.698. The van der Waals surface area contributed by atoms with Gasteiger partial charge in [0.2, 0.25) is 5.82 Å². The minimum Gasteiger partial charge on any atom is -0.458 e. The first-order valence-corrected chi connectivity index (χ1v) is 8.12. The molecule has 2 rings (SSSR count). The predicted octanol–water partition coefficient (Wildman–Crippen LogP) is 0.977. The van der Waals surface area contributed by atoms with Crippen molar-refractivity contribution in [2.75, 3.05) is 0 Å². The number of rotatable bonds is 3. The number of carbonyl (C=O) groups excluding carboxylic acids is 2. The third kappa shape index (κ3) is 4.34. The van der Waals surface area contributed by atoms with E-state index in [9.17, 15) is 23.6 Å². The zero-order chi connectivity index (χ0) is 18.8. The van der Waals surface area contributed by atoms with Gasteiger partial charge in [-0.1, -0.05) is 19.3 Å². The van der Waals surface area contributed by atoms with Crippen molar-refractivity contribution in [3.8, 4) is 0 Å². The largest absolute Gasteiger partial charge is 0.458 e. The molecule has 0 saturated heterocycles. The number of carbonyl (C=O) groups is 2. The molecule has 0 aliphatic heterocycles. The molecule has 8 nitrogen and oxygen atoms in total. The molecule has 1 saturated carbocycles. The van der Waals surface area contributed by atoms with E-state index in [0.29, 0.717) is 25.7 Å². The zero-order valence-corrected chi connectivity index (χ0v) is 14.5. The fraction of sp³-hybridized carbons (Fsp3) is 0.625. The predicted molar refractivity (Wildman–Crippen MR) is 86.8 cm³/mol. The molecular formula is C16H22FN3O5. The van der Waals surface area contributed by atoms with E-state index in [1.54, 1.807) is 25.8 Å². The van der Waals surface area contributed by atoms with Crippen molar-refractivity contribution in [1.29, 1.82) is 0 Å². The number of aromatic nitrogens is 2. The summed E-state index contributed by atoms with van der Waals surface area (Å²) in [4.78, 5) is 51.4. The number of ether oxygens (including phenoxy) is 1. The molecule has 1 aliphatic carbocycles. The molecule has 1 aromatic rings. The Labute approximate surface area is 143 Å². The number of hydrogen-bond donors (Lipinski definition) is 3. The molecule has 0 spiro atoms. The third-order valence-electron chi connectivity index (χ3n) is 3.96. The average Bonchev–Trinajstić information content (AvgIpc) is 2.50. The Kier molecular flexibility index (Phi) is 5.15. The molecule has 1 amide bonds. The molecule has 0 radical (unpaired) electrons. The lowest BCUT2D eigenvalue weighted by Gasteiger charge is -2.37. The van der Waals surface area contributed by atoms with Crippen LogP contribution in [-0.4, -0.2) is 33.0 Å². The van der Waals surface area contributed by atoms with Crippen LogP contribution >= 0.6 is 0 Å². The molecule has 0 aromatic carbocycles. The summed E-state index contributed by atoms with van der Waals surface area (Å²) in [6, 6.07) is 0. The van der Waals surface area contributed by atoms with E-state index in [2.05, 4.69) is 5.32 Å². The van der Waals surface area contributed by atoms with Crippen molar-refractivity contribution in [3.63, 3.8) is 0 Å². The Morgan fingerprint density at radius 3 is 2.28 bits per heavy atom. The van der Waals surface area contributed by atoms with Gasteiger partial charge in [-0.25, -0.2) is 9.59 Å². The minimum absolute atomic E-state index is 0.336. The lowest BCUT2D eigenvalue weighted by molar-refractivity contribution is -0.164. The highest BCUT2D eigenvalue weighted by atomic mass is 19.1. The summed E-state index contributed by atoms with van der Waals surface area (Å²) in [5.74, 6) is -3.05. The second-order valence-corrected chi connectivity index (χ2v) is 7.20. The smallest absolute Gasteiger partial charge is 0.332 e. The van der Waals surface area contributed by atoms with Crippen LogP contribution in [0.1, 0.15) is 63.4 Å². The molecular weight excluding hydrogens is 333 g/mol. The van der Waals surface area contributed by atoms with Gasteiger partial charge in [0.05, 0.1) is 0 Å². The van der Waals surface area contributed by atoms with Crippen LogP contribution in [0, 0.1) is 5.82 Å². The average molecular weight is 355 g/mol. The molecule has 0 atom stereocenters.